The summed E-state index contributed by atoms with van der Waals surface area (Å²) in [6.07, 6.45) is 2.86. The molecule has 29 heavy (non-hydrogen) atoms. The van der Waals surface area contributed by atoms with E-state index in [-0.39, 0.29) is 0 Å². The molecule has 0 amide bonds. The first kappa shape index (κ1) is 21.3. The molecule has 1 aromatic heterocycles. The molecule has 0 radical (unpaired) electrons. The van der Waals surface area contributed by atoms with E-state index in [4.69, 9.17) is 26.1 Å². The molecule has 0 aliphatic carbocycles. The Labute approximate surface area is 178 Å². The molecule has 0 aliphatic rings. The molecule has 1 heterocycles. The van der Waals surface area contributed by atoms with Crippen molar-refractivity contribution in [3.8, 4) is 22.9 Å². The third-order valence-electron chi connectivity index (χ3n) is 5.28. The average Bonchev–Trinajstić information content (AvgIpc) is 3.01. The molecule has 0 atom stereocenters. The number of rotatable bonds is 8. The zero-order valence-electron chi connectivity index (χ0n) is 17.9. The zero-order valence-corrected chi connectivity index (χ0v) is 18.6. The number of aromatic nitrogens is 2. The Hall–Kier alpha value is -2.46. The van der Waals surface area contributed by atoms with E-state index in [9.17, 15) is 0 Å². The maximum Gasteiger partial charge on any atom is 0.160 e. The van der Waals surface area contributed by atoms with Gasteiger partial charge in [-0.2, -0.15) is 0 Å². The van der Waals surface area contributed by atoms with Crippen LogP contribution < -0.4 is 9.47 Å². The molecule has 0 spiro atoms. The third kappa shape index (κ3) is 4.43. The smallest absolute Gasteiger partial charge is 0.160 e. The van der Waals surface area contributed by atoms with Gasteiger partial charge >= 0.3 is 0 Å². The minimum absolute atomic E-state index is 0.563. The summed E-state index contributed by atoms with van der Waals surface area (Å²) in [4.78, 5) is 4.80. The summed E-state index contributed by atoms with van der Waals surface area (Å²) < 4.78 is 13.1. The largest absolute Gasteiger partial charge is 0.493 e. The molecule has 0 fully saturated rings. The van der Waals surface area contributed by atoms with Crippen LogP contribution in [0.15, 0.2) is 36.4 Å². The number of benzene rings is 2. The summed E-state index contributed by atoms with van der Waals surface area (Å²) in [5.41, 5.74) is 5.73. The number of hydrogen-bond acceptors (Lipinski definition) is 3. The second-order valence-electron chi connectivity index (χ2n) is 7.31. The van der Waals surface area contributed by atoms with Gasteiger partial charge in [0.05, 0.1) is 19.9 Å². The van der Waals surface area contributed by atoms with Gasteiger partial charge in [0.2, 0.25) is 0 Å². The van der Waals surface area contributed by atoms with E-state index in [0.717, 1.165) is 48.0 Å². The van der Waals surface area contributed by atoms with Crippen LogP contribution in [0.25, 0.3) is 11.4 Å². The maximum absolute atomic E-state index is 6.68. The minimum atomic E-state index is 0.563. The quantitative estimate of drug-likeness (QED) is 0.440. The monoisotopic (exact) mass is 412 g/mol. The van der Waals surface area contributed by atoms with Crippen molar-refractivity contribution in [3.05, 3.63) is 63.9 Å². The number of halogens is 1. The van der Waals surface area contributed by atoms with E-state index >= 15 is 0 Å². The molecule has 5 heteroatoms. The number of methoxy groups -OCH3 is 2. The minimum Gasteiger partial charge on any atom is -0.493 e. The lowest BCUT2D eigenvalue weighted by atomic mass is 10.0. The summed E-state index contributed by atoms with van der Waals surface area (Å²) in [6, 6.07) is 12.3. The van der Waals surface area contributed by atoms with Crippen molar-refractivity contribution in [1.82, 2.24) is 9.55 Å². The Balaban J connectivity index is 2.08. The lowest BCUT2D eigenvalue weighted by Gasteiger charge is -2.15. The van der Waals surface area contributed by atoms with Gasteiger partial charge in [0, 0.05) is 18.5 Å². The Morgan fingerprint density at radius 2 is 1.69 bits per heavy atom. The van der Waals surface area contributed by atoms with E-state index in [1.54, 1.807) is 14.2 Å². The highest BCUT2D eigenvalue weighted by molar-refractivity contribution is 6.30. The standard InChI is InChI=1S/C24H29ClN2O2/c1-6-7-13-27-19(14-18-11-12-20(28-4)21(15-18)29-5)23(25)26-24(27)22-16(2)9-8-10-17(22)3/h8-12,15H,6-7,13-14H2,1-5H3. The first-order chi connectivity index (χ1) is 14.0. The molecule has 4 nitrogen and oxygen atoms in total. The van der Waals surface area contributed by atoms with E-state index in [0.29, 0.717) is 11.6 Å². The number of unbranched alkanes of at least 4 members (excludes halogenated alkanes) is 1. The van der Waals surface area contributed by atoms with Gasteiger partial charge in [-0.1, -0.05) is 49.2 Å². The van der Waals surface area contributed by atoms with Gasteiger partial charge in [0.25, 0.3) is 0 Å². The van der Waals surface area contributed by atoms with Gasteiger partial charge in [-0.15, -0.1) is 0 Å². The predicted octanol–water partition coefficient (Wildman–Crippen LogP) is 6.23. The highest BCUT2D eigenvalue weighted by Gasteiger charge is 2.20. The molecule has 0 saturated carbocycles. The van der Waals surface area contributed by atoms with Crippen LogP contribution in [0.2, 0.25) is 5.15 Å². The summed E-state index contributed by atoms with van der Waals surface area (Å²) in [7, 11) is 3.30. The maximum atomic E-state index is 6.68. The van der Waals surface area contributed by atoms with E-state index < -0.39 is 0 Å². The molecule has 154 valence electrons. The fraction of sp³-hybridized carbons (Fsp3) is 0.375. The predicted molar refractivity (Wildman–Crippen MR) is 119 cm³/mol. The van der Waals surface area contributed by atoms with Crippen molar-refractivity contribution in [2.24, 2.45) is 0 Å². The molecule has 3 rings (SSSR count). The van der Waals surface area contributed by atoms with Crippen molar-refractivity contribution in [3.63, 3.8) is 0 Å². The summed E-state index contributed by atoms with van der Waals surface area (Å²) in [5.74, 6) is 2.39. The SMILES string of the molecule is CCCCn1c(-c2c(C)cccc2C)nc(Cl)c1Cc1ccc(OC)c(OC)c1. The van der Waals surface area contributed by atoms with Crippen molar-refractivity contribution >= 4 is 11.6 Å². The number of ether oxygens (including phenoxy) is 2. The van der Waals surface area contributed by atoms with Crippen LogP contribution in [-0.4, -0.2) is 23.8 Å². The Kier molecular flexibility index (Phi) is 6.86. The van der Waals surface area contributed by atoms with Gasteiger partial charge in [-0.05, 0) is 49.1 Å². The third-order valence-corrected chi connectivity index (χ3v) is 5.59. The number of aryl methyl sites for hydroxylation is 2. The van der Waals surface area contributed by atoms with Crippen molar-refractivity contribution in [1.29, 1.82) is 0 Å². The number of imidazole rings is 1. The van der Waals surface area contributed by atoms with Crippen molar-refractivity contribution in [2.45, 2.75) is 46.6 Å². The fourth-order valence-electron chi connectivity index (χ4n) is 3.72. The van der Waals surface area contributed by atoms with Crippen molar-refractivity contribution in [2.75, 3.05) is 14.2 Å². The van der Waals surface area contributed by atoms with Crippen LogP contribution in [0, 0.1) is 13.8 Å². The van der Waals surface area contributed by atoms with Crippen LogP contribution in [0.4, 0.5) is 0 Å². The van der Waals surface area contributed by atoms with Crippen LogP contribution in [0.3, 0.4) is 0 Å². The zero-order chi connectivity index (χ0) is 21.0. The second kappa shape index (κ2) is 9.36. The van der Waals surface area contributed by atoms with Gasteiger partial charge in [-0.25, -0.2) is 4.98 Å². The molecule has 0 bridgehead atoms. The molecule has 3 aromatic rings. The van der Waals surface area contributed by atoms with E-state index in [2.05, 4.69) is 43.5 Å². The van der Waals surface area contributed by atoms with Gasteiger partial charge in [0.1, 0.15) is 5.82 Å². The lowest BCUT2D eigenvalue weighted by Crippen LogP contribution is -2.07. The molecule has 0 saturated heterocycles. The summed E-state index contributed by atoms with van der Waals surface area (Å²) >= 11 is 6.68. The van der Waals surface area contributed by atoms with Gasteiger partial charge in [0.15, 0.2) is 16.7 Å². The second-order valence-corrected chi connectivity index (χ2v) is 7.67. The van der Waals surface area contributed by atoms with Crippen LogP contribution in [-0.2, 0) is 13.0 Å². The Bertz CT molecular complexity index is 975. The first-order valence-corrected chi connectivity index (χ1v) is 10.4. The molecular weight excluding hydrogens is 384 g/mol. The van der Waals surface area contributed by atoms with Crippen LogP contribution in [0.1, 0.15) is 42.1 Å². The lowest BCUT2D eigenvalue weighted by molar-refractivity contribution is 0.354. The molecule has 0 aliphatic heterocycles. The molecular formula is C24H29ClN2O2. The van der Waals surface area contributed by atoms with E-state index in [1.807, 2.05) is 18.2 Å². The number of hydrogen-bond donors (Lipinski definition) is 0. The Morgan fingerprint density at radius 1 is 1.00 bits per heavy atom. The number of nitrogens with zero attached hydrogens (tertiary/aromatic N) is 2. The van der Waals surface area contributed by atoms with Gasteiger partial charge in [-0.3, -0.25) is 0 Å². The van der Waals surface area contributed by atoms with Crippen LogP contribution in [0.5, 0.6) is 11.5 Å². The normalized spacial score (nSPS) is 11.0. The fourth-order valence-corrected chi connectivity index (χ4v) is 3.97. The van der Waals surface area contributed by atoms with Gasteiger partial charge < -0.3 is 14.0 Å². The molecule has 0 N–H and O–H groups in total. The highest BCUT2D eigenvalue weighted by atomic mass is 35.5. The highest BCUT2D eigenvalue weighted by Crippen LogP contribution is 2.33. The van der Waals surface area contributed by atoms with Crippen LogP contribution >= 0.6 is 11.6 Å². The molecule has 2 aromatic carbocycles. The topological polar surface area (TPSA) is 36.3 Å². The molecule has 0 unspecified atom stereocenters. The first-order valence-electron chi connectivity index (χ1n) is 10.0. The summed E-state index contributed by atoms with van der Waals surface area (Å²) in [5, 5.41) is 0.563. The Morgan fingerprint density at radius 3 is 2.31 bits per heavy atom. The van der Waals surface area contributed by atoms with E-state index in [1.165, 1.54) is 16.7 Å². The summed E-state index contributed by atoms with van der Waals surface area (Å²) in [6.45, 7) is 7.35. The van der Waals surface area contributed by atoms with Crippen molar-refractivity contribution < 1.29 is 9.47 Å². The average molecular weight is 413 g/mol.